The van der Waals surface area contributed by atoms with Crippen molar-refractivity contribution in [3.63, 3.8) is 0 Å². The molecule has 0 spiro atoms. The zero-order chi connectivity index (χ0) is 14.4. The third-order valence-electron chi connectivity index (χ3n) is 2.30. The summed E-state index contributed by atoms with van der Waals surface area (Å²) in [6.07, 6.45) is 0. The maximum atomic E-state index is 10.7. The number of allylic oxidation sites excluding steroid dienone is 1. The van der Waals surface area contributed by atoms with E-state index in [1.165, 1.54) is 11.3 Å². The van der Waals surface area contributed by atoms with Gasteiger partial charge in [-0.15, -0.1) is 11.3 Å². The SMILES string of the molecule is C=C(C)c1nc(-c2ccc(C(=O)O)cc2)cs1.CC. The zero-order valence-electron chi connectivity index (χ0n) is 11.3. The van der Waals surface area contributed by atoms with Gasteiger partial charge in [0.05, 0.1) is 11.3 Å². The lowest BCUT2D eigenvalue weighted by molar-refractivity contribution is 0.0697. The van der Waals surface area contributed by atoms with Gasteiger partial charge in [0.2, 0.25) is 0 Å². The smallest absolute Gasteiger partial charge is 0.335 e. The minimum absolute atomic E-state index is 0.282. The van der Waals surface area contributed by atoms with Gasteiger partial charge in [-0.25, -0.2) is 9.78 Å². The predicted molar refractivity (Wildman–Crippen MR) is 80.6 cm³/mol. The second kappa shape index (κ2) is 6.85. The molecule has 0 fully saturated rings. The van der Waals surface area contributed by atoms with E-state index in [4.69, 9.17) is 5.11 Å². The fraction of sp³-hybridized carbons (Fsp3) is 0.200. The summed E-state index contributed by atoms with van der Waals surface area (Å²) >= 11 is 1.54. The van der Waals surface area contributed by atoms with Crippen LogP contribution in [0.4, 0.5) is 0 Å². The van der Waals surface area contributed by atoms with Crippen LogP contribution in [-0.2, 0) is 0 Å². The molecule has 0 aliphatic heterocycles. The molecule has 1 aromatic heterocycles. The number of benzene rings is 1. The Kier molecular flexibility index (Phi) is 5.45. The Morgan fingerprint density at radius 3 is 2.26 bits per heavy atom. The van der Waals surface area contributed by atoms with Gasteiger partial charge < -0.3 is 5.11 Å². The second-order valence-electron chi connectivity index (χ2n) is 3.70. The maximum Gasteiger partial charge on any atom is 0.335 e. The molecule has 0 atom stereocenters. The van der Waals surface area contributed by atoms with Crippen molar-refractivity contribution in [1.82, 2.24) is 4.98 Å². The van der Waals surface area contributed by atoms with E-state index in [0.29, 0.717) is 0 Å². The molecule has 0 amide bonds. The van der Waals surface area contributed by atoms with E-state index in [1.807, 2.05) is 26.2 Å². The highest BCUT2D eigenvalue weighted by Gasteiger charge is 2.06. The van der Waals surface area contributed by atoms with Gasteiger partial charge in [-0.2, -0.15) is 0 Å². The summed E-state index contributed by atoms with van der Waals surface area (Å²) < 4.78 is 0. The quantitative estimate of drug-likeness (QED) is 0.892. The molecule has 0 aliphatic rings. The highest BCUT2D eigenvalue weighted by Crippen LogP contribution is 2.25. The minimum Gasteiger partial charge on any atom is -0.478 e. The molecule has 19 heavy (non-hydrogen) atoms. The van der Waals surface area contributed by atoms with E-state index in [-0.39, 0.29) is 5.56 Å². The summed E-state index contributed by atoms with van der Waals surface area (Å²) in [4.78, 5) is 15.1. The van der Waals surface area contributed by atoms with Crippen molar-refractivity contribution in [1.29, 1.82) is 0 Å². The highest BCUT2D eigenvalue weighted by atomic mass is 32.1. The number of hydrogen-bond acceptors (Lipinski definition) is 3. The molecule has 2 aromatic rings. The number of aromatic carboxylic acids is 1. The molecule has 100 valence electrons. The molecule has 0 saturated carbocycles. The Balaban J connectivity index is 0.000000861. The maximum absolute atomic E-state index is 10.7. The lowest BCUT2D eigenvalue weighted by Gasteiger charge is -1.98. The Labute approximate surface area is 117 Å². The Bertz CT molecular complexity index is 570. The number of carbonyl (C=O) groups is 1. The second-order valence-corrected chi connectivity index (χ2v) is 4.56. The molecule has 1 heterocycles. The summed E-state index contributed by atoms with van der Waals surface area (Å²) in [7, 11) is 0. The first-order chi connectivity index (χ1) is 9.08. The third-order valence-corrected chi connectivity index (χ3v) is 3.30. The Morgan fingerprint density at radius 2 is 1.84 bits per heavy atom. The van der Waals surface area contributed by atoms with Gasteiger partial charge in [0, 0.05) is 10.9 Å². The van der Waals surface area contributed by atoms with Crippen LogP contribution < -0.4 is 0 Å². The van der Waals surface area contributed by atoms with Crippen LogP contribution in [-0.4, -0.2) is 16.1 Å². The number of aromatic nitrogens is 1. The van der Waals surface area contributed by atoms with Crippen LogP contribution in [0.25, 0.3) is 16.8 Å². The van der Waals surface area contributed by atoms with Crippen molar-refractivity contribution in [3.8, 4) is 11.3 Å². The van der Waals surface area contributed by atoms with Crippen LogP contribution in [0.3, 0.4) is 0 Å². The number of carboxylic acid groups (broad SMARTS) is 1. The van der Waals surface area contributed by atoms with Crippen molar-refractivity contribution in [3.05, 3.63) is 46.8 Å². The lowest BCUT2D eigenvalue weighted by Crippen LogP contribution is -1.94. The lowest BCUT2D eigenvalue weighted by atomic mass is 10.1. The van der Waals surface area contributed by atoms with Crippen molar-refractivity contribution >= 4 is 22.9 Å². The summed E-state index contributed by atoms with van der Waals surface area (Å²) in [6, 6.07) is 6.69. The van der Waals surface area contributed by atoms with E-state index < -0.39 is 5.97 Å². The average Bonchev–Trinajstić information content (AvgIpc) is 2.91. The monoisotopic (exact) mass is 275 g/mol. The molecule has 0 unspecified atom stereocenters. The summed E-state index contributed by atoms with van der Waals surface area (Å²) in [5.41, 5.74) is 2.98. The summed E-state index contributed by atoms with van der Waals surface area (Å²) in [6.45, 7) is 9.75. The van der Waals surface area contributed by atoms with Crippen LogP contribution in [0.5, 0.6) is 0 Å². The third kappa shape index (κ3) is 3.76. The van der Waals surface area contributed by atoms with E-state index in [1.54, 1.807) is 24.3 Å². The number of nitrogens with zero attached hydrogens (tertiary/aromatic N) is 1. The van der Waals surface area contributed by atoms with Gasteiger partial charge in [0.25, 0.3) is 0 Å². The van der Waals surface area contributed by atoms with Crippen LogP contribution in [0.1, 0.15) is 36.1 Å². The van der Waals surface area contributed by atoms with Crippen LogP contribution in [0, 0.1) is 0 Å². The van der Waals surface area contributed by atoms with Gasteiger partial charge in [0.1, 0.15) is 5.01 Å². The van der Waals surface area contributed by atoms with Crippen molar-refractivity contribution in [2.75, 3.05) is 0 Å². The van der Waals surface area contributed by atoms with E-state index >= 15 is 0 Å². The zero-order valence-corrected chi connectivity index (χ0v) is 12.1. The fourth-order valence-electron chi connectivity index (χ4n) is 1.39. The fourth-order valence-corrected chi connectivity index (χ4v) is 2.15. The molecule has 3 nitrogen and oxygen atoms in total. The summed E-state index contributed by atoms with van der Waals surface area (Å²) in [5.74, 6) is -0.919. The van der Waals surface area contributed by atoms with Gasteiger partial charge in [-0.3, -0.25) is 0 Å². The first-order valence-electron chi connectivity index (χ1n) is 6.03. The normalized spacial score (nSPS) is 9.42. The first-order valence-corrected chi connectivity index (χ1v) is 6.91. The average molecular weight is 275 g/mol. The van der Waals surface area contributed by atoms with Crippen LogP contribution >= 0.6 is 11.3 Å². The molecule has 0 bridgehead atoms. The van der Waals surface area contributed by atoms with Crippen molar-refractivity contribution in [2.45, 2.75) is 20.8 Å². The number of carboxylic acids is 1. The number of rotatable bonds is 3. The highest BCUT2D eigenvalue weighted by molar-refractivity contribution is 7.11. The van der Waals surface area contributed by atoms with E-state index in [0.717, 1.165) is 21.8 Å². The Morgan fingerprint density at radius 1 is 1.26 bits per heavy atom. The number of hydrogen-bond donors (Lipinski definition) is 1. The number of thiazole rings is 1. The first kappa shape index (κ1) is 15.1. The predicted octanol–water partition coefficient (Wildman–Crippen LogP) is 4.57. The van der Waals surface area contributed by atoms with Crippen LogP contribution in [0.15, 0.2) is 36.2 Å². The largest absolute Gasteiger partial charge is 0.478 e. The molecule has 1 aromatic carbocycles. The van der Waals surface area contributed by atoms with Gasteiger partial charge in [-0.1, -0.05) is 32.6 Å². The van der Waals surface area contributed by atoms with Crippen LogP contribution in [0.2, 0.25) is 0 Å². The van der Waals surface area contributed by atoms with Gasteiger partial charge in [-0.05, 0) is 24.6 Å². The molecule has 4 heteroatoms. The molecular weight excluding hydrogens is 258 g/mol. The minimum atomic E-state index is -0.919. The van der Waals surface area contributed by atoms with E-state index in [9.17, 15) is 4.79 Å². The standard InChI is InChI=1S/C13H11NO2S.C2H6/c1-8(2)12-14-11(7-17-12)9-3-5-10(6-4-9)13(15)16;1-2/h3-7H,1H2,2H3,(H,15,16);1-2H3. The van der Waals surface area contributed by atoms with Crippen molar-refractivity contribution < 1.29 is 9.90 Å². The van der Waals surface area contributed by atoms with E-state index in [2.05, 4.69) is 11.6 Å². The molecule has 2 rings (SSSR count). The summed E-state index contributed by atoms with van der Waals surface area (Å²) in [5, 5.41) is 11.6. The molecule has 0 aliphatic carbocycles. The molecule has 0 saturated heterocycles. The van der Waals surface area contributed by atoms with Gasteiger partial charge in [0.15, 0.2) is 0 Å². The Hall–Kier alpha value is -1.94. The van der Waals surface area contributed by atoms with Gasteiger partial charge >= 0.3 is 5.97 Å². The molecule has 1 N–H and O–H groups in total. The molecular formula is C15H17NO2S. The van der Waals surface area contributed by atoms with Crippen molar-refractivity contribution in [2.24, 2.45) is 0 Å². The topological polar surface area (TPSA) is 50.2 Å². The molecule has 0 radical (unpaired) electrons.